The molecule has 31 heavy (non-hydrogen) atoms. The van der Waals surface area contributed by atoms with Crippen LogP contribution in [-0.4, -0.2) is 28.0 Å². The highest BCUT2D eigenvalue weighted by atomic mass is 32.2. The monoisotopic (exact) mass is 442 g/mol. The topological polar surface area (TPSA) is 75.7 Å². The molecule has 3 rings (SSSR count). The highest BCUT2D eigenvalue weighted by Crippen LogP contribution is 2.33. The molecule has 0 spiro atoms. The van der Waals surface area contributed by atoms with Gasteiger partial charge in [-0.2, -0.15) is 0 Å². The SMILES string of the molecule is COc1ccc(C)cc1N(CC(=O)NCc1ccc(F)cc1)S(=O)(=O)c1ccccc1. The van der Waals surface area contributed by atoms with E-state index in [1.165, 1.54) is 31.4 Å². The van der Waals surface area contributed by atoms with Crippen LogP contribution in [0.5, 0.6) is 5.75 Å². The summed E-state index contributed by atoms with van der Waals surface area (Å²) in [4.78, 5) is 12.8. The molecule has 8 heteroatoms. The predicted octanol–water partition coefficient (Wildman–Crippen LogP) is 3.65. The van der Waals surface area contributed by atoms with Crippen molar-refractivity contribution in [3.05, 3.63) is 89.7 Å². The van der Waals surface area contributed by atoms with Crippen LogP contribution < -0.4 is 14.4 Å². The fourth-order valence-electron chi connectivity index (χ4n) is 3.00. The summed E-state index contributed by atoms with van der Waals surface area (Å²) in [5.41, 5.74) is 1.78. The van der Waals surface area contributed by atoms with Crippen LogP contribution in [0, 0.1) is 12.7 Å². The number of nitrogens with one attached hydrogen (secondary N) is 1. The van der Waals surface area contributed by atoms with Crippen molar-refractivity contribution in [2.45, 2.75) is 18.4 Å². The quantitative estimate of drug-likeness (QED) is 0.578. The molecule has 0 aliphatic rings. The number of amides is 1. The van der Waals surface area contributed by atoms with Gasteiger partial charge in [-0.05, 0) is 54.4 Å². The van der Waals surface area contributed by atoms with Crippen LogP contribution in [-0.2, 0) is 21.4 Å². The summed E-state index contributed by atoms with van der Waals surface area (Å²) >= 11 is 0. The average Bonchev–Trinajstić information content (AvgIpc) is 2.77. The molecular weight excluding hydrogens is 419 g/mol. The third kappa shape index (κ3) is 5.40. The van der Waals surface area contributed by atoms with Crippen molar-refractivity contribution in [2.75, 3.05) is 18.0 Å². The number of benzene rings is 3. The third-order valence-corrected chi connectivity index (χ3v) is 6.40. The Balaban J connectivity index is 1.92. The Hall–Kier alpha value is -3.39. The smallest absolute Gasteiger partial charge is 0.264 e. The van der Waals surface area contributed by atoms with E-state index in [0.717, 1.165) is 9.87 Å². The summed E-state index contributed by atoms with van der Waals surface area (Å²) in [6, 6.07) is 18.7. The molecule has 0 bridgehead atoms. The fraction of sp³-hybridized carbons (Fsp3) is 0.174. The lowest BCUT2D eigenvalue weighted by atomic mass is 10.2. The number of methoxy groups -OCH3 is 1. The second-order valence-electron chi connectivity index (χ2n) is 6.90. The van der Waals surface area contributed by atoms with Gasteiger partial charge in [0.2, 0.25) is 5.91 Å². The first-order valence-electron chi connectivity index (χ1n) is 9.55. The van der Waals surface area contributed by atoms with Gasteiger partial charge in [-0.1, -0.05) is 36.4 Å². The minimum Gasteiger partial charge on any atom is -0.495 e. The van der Waals surface area contributed by atoms with Crippen molar-refractivity contribution < 1.29 is 22.3 Å². The van der Waals surface area contributed by atoms with Crippen LogP contribution in [0.1, 0.15) is 11.1 Å². The Morgan fingerprint density at radius 1 is 1.03 bits per heavy atom. The molecule has 1 N–H and O–H groups in total. The molecule has 0 aliphatic carbocycles. The highest BCUT2D eigenvalue weighted by molar-refractivity contribution is 7.92. The Morgan fingerprint density at radius 2 is 1.71 bits per heavy atom. The maximum Gasteiger partial charge on any atom is 0.264 e. The van der Waals surface area contributed by atoms with E-state index in [1.807, 2.05) is 6.92 Å². The van der Waals surface area contributed by atoms with E-state index >= 15 is 0 Å². The number of anilines is 1. The van der Waals surface area contributed by atoms with E-state index in [2.05, 4.69) is 5.32 Å². The molecule has 0 aromatic heterocycles. The lowest BCUT2D eigenvalue weighted by Gasteiger charge is -2.26. The number of aryl methyl sites for hydroxylation is 1. The van der Waals surface area contributed by atoms with E-state index in [1.54, 1.807) is 48.5 Å². The summed E-state index contributed by atoms with van der Waals surface area (Å²) in [6.07, 6.45) is 0. The van der Waals surface area contributed by atoms with E-state index in [9.17, 15) is 17.6 Å². The number of sulfonamides is 1. The van der Waals surface area contributed by atoms with Gasteiger partial charge >= 0.3 is 0 Å². The summed E-state index contributed by atoms with van der Waals surface area (Å²) in [5.74, 6) is -0.550. The number of halogens is 1. The zero-order chi connectivity index (χ0) is 22.4. The first-order chi connectivity index (χ1) is 14.8. The minimum atomic E-state index is -4.04. The summed E-state index contributed by atoms with van der Waals surface area (Å²) < 4.78 is 46.3. The lowest BCUT2D eigenvalue weighted by molar-refractivity contribution is -0.119. The first-order valence-corrected chi connectivity index (χ1v) is 11.0. The van der Waals surface area contributed by atoms with E-state index in [4.69, 9.17) is 4.74 Å². The second kappa shape index (κ2) is 9.61. The Labute approximate surface area is 181 Å². The normalized spacial score (nSPS) is 11.1. The van der Waals surface area contributed by atoms with Gasteiger partial charge in [0.1, 0.15) is 18.1 Å². The number of hydrogen-bond donors (Lipinski definition) is 1. The summed E-state index contributed by atoms with van der Waals surface area (Å²) in [7, 11) is -2.60. The zero-order valence-electron chi connectivity index (χ0n) is 17.2. The van der Waals surface area contributed by atoms with Crippen LogP contribution in [0.25, 0.3) is 0 Å². The molecule has 0 heterocycles. The number of ether oxygens (including phenoxy) is 1. The van der Waals surface area contributed by atoms with E-state index < -0.39 is 22.5 Å². The molecule has 0 saturated carbocycles. The van der Waals surface area contributed by atoms with E-state index in [-0.39, 0.29) is 22.9 Å². The Kier molecular flexibility index (Phi) is 6.91. The second-order valence-corrected chi connectivity index (χ2v) is 8.77. The van der Waals surface area contributed by atoms with Crippen LogP contribution in [0.3, 0.4) is 0 Å². The molecule has 3 aromatic rings. The number of hydrogen-bond acceptors (Lipinski definition) is 4. The van der Waals surface area contributed by atoms with Crippen molar-refractivity contribution in [1.82, 2.24) is 5.32 Å². The molecule has 0 atom stereocenters. The summed E-state index contributed by atoms with van der Waals surface area (Å²) in [5, 5.41) is 2.69. The van der Waals surface area contributed by atoms with Crippen LogP contribution >= 0.6 is 0 Å². The maximum atomic E-state index is 13.4. The largest absolute Gasteiger partial charge is 0.495 e. The minimum absolute atomic E-state index is 0.0601. The highest BCUT2D eigenvalue weighted by Gasteiger charge is 2.29. The maximum absolute atomic E-state index is 13.4. The number of carbonyl (C=O) groups is 1. The van der Waals surface area contributed by atoms with Crippen LogP contribution in [0.4, 0.5) is 10.1 Å². The molecule has 0 saturated heterocycles. The van der Waals surface area contributed by atoms with Crippen LogP contribution in [0.15, 0.2) is 77.7 Å². The molecular formula is C23H23FN2O4S. The van der Waals surface area contributed by atoms with Crippen molar-refractivity contribution in [3.63, 3.8) is 0 Å². The van der Waals surface area contributed by atoms with Crippen molar-refractivity contribution in [1.29, 1.82) is 0 Å². The molecule has 162 valence electrons. The zero-order valence-corrected chi connectivity index (χ0v) is 18.0. The third-order valence-electron chi connectivity index (χ3n) is 4.62. The van der Waals surface area contributed by atoms with Gasteiger partial charge in [0.05, 0.1) is 17.7 Å². The van der Waals surface area contributed by atoms with Gasteiger partial charge in [-0.3, -0.25) is 9.10 Å². The van der Waals surface area contributed by atoms with Gasteiger partial charge in [0.25, 0.3) is 10.0 Å². The van der Waals surface area contributed by atoms with Gasteiger partial charge in [-0.15, -0.1) is 0 Å². The van der Waals surface area contributed by atoms with Crippen LogP contribution in [0.2, 0.25) is 0 Å². The predicted molar refractivity (Wildman–Crippen MR) is 117 cm³/mol. The molecule has 6 nitrogen and oxygen atoms in total. The van der Waals surface area contributed by atoms with Gasteiger partial charge in [0.15, 0.2) is 0 Å². The molecule has 0 unspecified atom stereocenters. The van der Waals surface area contributed by atoms with Crippen molar-refractivity contribution >= 4 is 21.6 Å². The number of rotatable bonds is 8. The van der Waals surface area contributed by atoms with E-state index in [0.29, 0.717) is 11.3 Å². The van der Waals surface area contributed by atoms with Crippen molar-refractivity contribution in [3.8, 4) is 5.75 Å². The molecule has 1 amide bonds. The molecule has 0 aliphatic heterocycles. The van der Waals surface area contributed by atoms with Gasteiger partial charge in [-0.25, -0.2) is 12.8 Å². The fourth-order valence-corrected chi connectivity index (χ4v) is 4.45. The number of carbonyl (C=O) groups excluding carboxylic acids is 1. The standard InChI is InChI=1S/C23H23FN2O4S/c1-17-8-13-22(30-2)21(14-17)26(31(28,29)20-6-4-3-5-7-20)16-23(27)25-15-18-9-11-19(24)12-10-18/h3-14H,15-16H2,1-2H3,(H,25,27). The lowest BCUT2D eigenvalue weighted by Crippen LogP contribution is -2.40. The van der Waals surface area contributed by atoms with Gasteiger partial charge in [0, 0.05) is 6.54 Å². The first kappa shape index (κ1) is 22.3. The number of nitrogens with zero attached hydrogens (tertiary/aromatic N) is 1. The Morgan fingerprint density at radius 3 is 2.35 bits per heavy atom. The summed E-state index contributed by atoms with van der Waals surface area (Å²) in [6.45, 7) is 1.52. The van der Waals surface area contributed by atoms with Crippen molar-refractivity contribution in [2.24, 2.45) is 0 Å². The average molecular weight is 443 g/mol. The molecule has 0 radical (unpaired) electrons. The molecule has 3 aromatic carbocycles. The Bertz CT molecular complexity index is 1150. The molecule has 0 fully saturated rings. The van der Waals surface area contributed by atoms with Gasteiger partial charge < -0.3 is 10.1 Å².